The number of ketones is 1. The zero-order valence-electron chi connectivity index (χ0n) is 28.4. The first-order chi connectivity index (χ1) is 22.2. The Hall–Kier alpha value is -4.21. The van der Waals surface area contributed by atoms with Crippen LogP contribution < -0.4 is 4.74 Å². The minimum absolute atomic E-state index is 0.144. The molecule has 0 saturated carbocycles. The van der Waals surface area contributed by atoms with Crippen molar-refractivity contribution in [3.05, 3.63) is 78.0 Å². The Balaban J connectivity index is 1.79. The number of allylic oxidation sites excluding steroid dienone is 1. The van der Waals surface area contributed by atoms with Crippen molar-refractivity contribution in [2.45, 2.75) is 85.8 Å². The van der Waals surface area contributed by atoms with E-state index in [2.05, 4.69) is 6.58 Å². The highest BCUT2D eigenvalue weighted by Crippen LogP contribution is 2.31. The third kappa shape index (κ3) is 11.2. The van der Waals surface area contributed by atoms with Gasteiger partial charge in [0.25, 0.3) is 5.91 Å². The number of nitrogens with zero attached hydrogens (tertiary/aromatic N) is 1. The maximum Gasteiger partial charge on any atom is 0.330 e. The Morgan fingerprint density at radius 2 is 1.87 bits per heavy atom. The van der Waals surface area contributed by atoms with Crippen LogP contribution in [-0.2, 0) is 35.1 Å². The molecule has 0 unspecified atom stereocenters. The Kier molecular flexibility index (Phi) is 13.5. The van der Waals surface area contributed by atoms with Gasteiger partial charge >= 0.3 is 11.9 Å². The van der Waals surface area contributed by atoms with Gasteiger partial charge in [0, 0.05) is 25.1 Å². The number of esters is 2. The number of Topliss-reactive ketones (excluding diaryl/α,β-unsaturated/α-hetero) is 1. The van der Waals surface area contributed by atoms with Gasteiger partial charge in [-0.1, -0.05) is 40.3 Å². The molecule has 0 radical (unpaired) electrons. The first kappa shape index (κ1) is 37.2. The summed E-state index contributed by atoms with van der Waals surface area (Å²) in [4.78, 5) is 54.0. The standard InChI is InChI=1S/C37H48FNO8/c1-24(2)13-16-33(40)46-23-37(6,7)34(41)35(42)39-17-9-8-12-31(39)36(43)47-32(15-14-29-11-10-18-44-29)27-19-28(38)21-30(20-27)45-22-26(5)25(3)4/h10-11,13,16,18-21,24-25,31-32H,5,8-9,12,14-15,17,22-23H2,1-4,6-7H3/t31-,32+/m0/s1. The van der Waals surface area contributed by atoms with E-state index >= 15 is 0 Å². The Labute approximate surface area is 277 Å². The molecule has 2 heterocycles. The highest BCUT2D eigenvalue weighted by molar-refractivity contribution is 6.38. The third-order valence-corrected chi connectivity index (χ3v) is 8.03. The second-order valence-electron chi connectivity index (χ2n) is 13.3. The van der Waals surface area contributed by atoms with E-state index in [1.165, 1.54) is 37.0 Å². The van der Waals surface area contributed by atoms with Crippen LogP contribution in [0.15, 0.2) is 65.3 Å². The minimum atomic E-state index is -1.32. The van der Waals surface area contributed by atoms with Crippen molar-refractivity contribution in [2.75, 3.05) is 19.8 Å². The molecule has 0 spiro atoms. The predicted octanol–water partition coefficient (Wildman–Crippen LogP) is 6.96. The van der Waals surface area contributed by atoms with E-state index in [0.717, 1.165) is 5.57 Å². The molecule has 9 nitrogen and oxygen atoms in total. The Morgan fingerprint density at radius 1 is 1.13 bits per heavy atom. The van der Waals surface area contributed by atoms with Crippen LogP contribution in [0.3, 0.4) is 0 Å². The van der Waals surface area contributed by atoms with Crippen LogP contribution in [0.25, 0.3) is 0 Å². The van der Waals surface area contributed by atoms with E-state index in [-0.39, 0.29) is 43.8 Å². The number of hydrogen-bond donors (Lipinski definition) is 0. The summed E-state index contributed by atoms with van der Waals surface area (Å²) in [5.74, 6) is -2.23. The van der Waals surface area contributed by atoms with Gasteiger partial charge in [0.15, 0.2) is 0 Å². The Bertz CT molecular complexity index is 1430. The molecule has 1 aliphatic rings. The van der Waals surface area contributed by atoms with Gasteiger partial charge < -0.3 is 23.5 Å². The Morgan fingerprint density at radius 3 is 2.53 bits per heavy atom. The van der Waals surface area contributed by atoms with Crippen LogP contribution in [0.4, 0.5) is 4.39 Å². The normalized spacial score (nSPS) is 15.9. The maximum atomic E-state index is 14.8. The number of carbonyl (C=O) groups is 4. The summed E-state index contributed by atoms with van der Waals surface area (Å²) in [6, 6.07) is 6.71. The summed E-state index contributed by atoms with van der Waals surface area (Å²) in [7, 11) is 0. The summed E-state index contributed by atoms with van der Waals surface area (Å²) in [6.45, 7) is 14.9. The van der Waals surface area contributed by atoms with Crippen LogP contribution in [0.1, 0.15) is 84.7 Å². The lowest BCUT2D eigenvalue weighted by molar-refractivity contribution is -0.165. The first-order valence-electron chi connectivity index (χ1n) is 16.2. The zero-order valence-corrected chi connectivity index (χ0v) is 28.4. The summed E-state index contributed by atoms with van der Waals surface area (Å²) in [5, 5.41) is 0. The molecule has 2 aromatic rings. The summed E-state index contributed by atoms with van der Waals surface area (Å²) in [5.41, 5.74) is -0.0961. The van der Waals surface area contributed by atoms with E-state index in [1.54, 1.807) is 30.5 Å². The highest BCUT2D eigenvalue weighted by atomic mass is 19.1. The number of furan rings is 1. The van der Waals surface area contributed by atoms with E-state index in [1.807, 2.05) is 27.7 Å². The monoisotopic (exact) mass is 653 g/mol. The third-order valence-electron chi connectivity index (χ3n) is 8.03. The van der Waals surface area contributed by atoms with Crippen molar-refractivity contribution >= 4 is 23.6 Å². The number of amides is 1. The lowest BCUT2D eigenvalue weighted by Crippen LogP contribution is -2.53. The van der Waals surface area contributed by atoms with Crippen molar-refractivity contribution in [3.63, 3.8) is 0 Å². The second kappa shape index (κ2) is 17.1. The van der Waals surface area contributed by atoms with Crippen LogP contribution >= 0.6 is 0 Å². The molecular formula is C37H48FNO8. The van der Waals surface area contributed by atoms with Gasteiger partial charge in [-0.15, -0.1) is 0 Å². The van der Waals surface area contributed by atoms with Gasteiger partial charge in [-0.25, -0.2) is 14.0 Å². The van der Waals surface area contributed by atoms with E-state index < -0.39 is 47.0 Å². The van der Waals surface area contributed by atoms with Crippen LogP contribution in [-0.4, -0.2) is 54.3 Å². The average molecular weight is 654 g/mol. The van der Waals surface area contributed by atoms with Crippen molar-refractivity contribution in [3.8, 4) is 5.75 Å². The van der Waals surface area contributed by atoms with Gasteiger partial charge in [-0.3, -0.25) is 9.59 Å². The molecule has 0 bridgehead atoms. The van der Waals surface area contributed by atoms with Crippen LogP contribution in [0.2, 0.25) is 0 Å². The number of rotatable bonds is 16. The average Bonchev–Trinajstić information content (AvgIpc) is 3.56. The molecule has 0 aliphatic carbocycles. The van der Waals surface area contributed by atoms with Gasteiger partial charge in [0.05, 0.1) is 11.7 Å². The minimum Gasteiger partial charge on any atom is -0.489 e. The molecule has 47 heavy (non-hydrogen) atoms. The highest BCUT2D eigenvalue weighted by Gasteiger charge is 2.42. The summed E-state index contributed by atoms with van der Waals surface area (Å²) >= 11 is 0. The van der Waals surface area contributed by atoms with Crippen molar-refractivity contribution in [1.29, 1.82) is 0 Å². The van der Waals surface area contributed by atoms with E-state index in [9.17, 15) is 23.6 Å². The molecule has 1 saturated heterocycles. The number of benzene rings is 1. The lowest BCUT2D eigenvalue weighted by atomic mass is 9.87. The molecule has 0 N–H and O–H groups in total. The molecule has 256 valence electrons. The number of ether oxygens (including phenoxy) is 3. The fraction of sp³-hybridized carbons (Fsp3) is 0.514. The van der Waals surface area contributed by atoms with Gasteiger partial charge in [-0.05, 0) is 86.8 Å². The van der Waals surface area contributed by atoms with Crippen molar-refractivity contribution in [2.24, 2.45) is 17.3 Å². The summed E-state index contributed by atoms with van der Waals surface area (Å²) in [6.07, 6.45) is 5.83. The zero-order chi connectivity index (χ0) is 34.7. The number of likely N-dealkylation sites (tertiary alicyclic amines) is 1. The SMILES string of the molecule is C=C(COc1cc(F)cc([C@@H](CCc2ccco2)OC(=O)[C@@H]2CCCCN2C(=O)C(=O)C(C)(C)COC(=O)C=CC(C)C)c1)C(C)C. The number of piperidine rings is 1. The maximum absolute atomic E-state index is 14.8. The fourth-order valence-electron chi connectivity index (χ4n) is 4.91. The van der Waals surface area contributed by atoms with E-state index in [0.29, 0.717) is 37.0 Å². The number of carbonyl (C=O) groups excluding carboxylic acids is 4. The lowest BCUT2D eigenvalue weighted by Gasteiger charge is -2.36. The smallest absolute Gasteiger partial charge is 0.330 e. The fourth-order valence-corrected chi connectivity index (χ4v) is 4.91. The first-order valence-corrected chi connectivity index (χ1v) is 16.2. The predicted molar refractivity (Wildman–Crippen MR) is 175 cm³/mol. The molecule has 1 amide bonds. The molecule has 2 atom stereocenters. The number of halogens is 1. The molecule has 3 rings (SSSR count). The molecule has 1 aliphatic heterocycles. The van der Waals surface area contributed by atoms with Crippen molar-refractivity contribution < 1.29 is 42.2 Å². The van der Waals surface area contributed by atoms with Crippen molar-refractivity contribution in [1.82, 2.24) is 4.90 Å². The molecular weight excluding hydrogens is 605 g/mol. The number of aryl methyl sites for hydroxylation is 1. The quantitative estimate of drug-likeness (QED) is 0.0828. The van der Waals surface area contributed by atoms with E-state index in [4.69, 9.17) is 18.6 Å². The molecule has 1 fully saturated rings. The molecule has 1 aromatic carbocycles. The summed E-state index contributed by atoms with van der Waals surface area (Å²) < 4.78 is 37.4. The van der Waals surface area contributed by atoms with Crippen LogP contribution in [0, 0.1) is 23.1 Å². The van der Waals surface area contributed by atoms with Gasteiger partial charge in [-0.2, -0.15) is 0 Å². The second-order valence-corrected chi connectivity index (χ2v) is 13.3. The molecule has 10 heteroatoms. The number of hydrogen-bond acceptors (Lipinski definition) is 8. The van der Waals surface area contributed by atoms with Crippen LogP contribution in [0.5, 0.6) is 5.75 Å². The van der Waals surface area contributed by atoms with Gasteiger partial charge in [0.1, 0.15) is 42.7 Å². The van der Waals surface area contributed by atoms with Gasteiger partial charge in [0.2, 0.25) is 5.78 Å². The largest absolute Gasteiger partial charge is 0.489 e. The topological polar surface area (TPSA) is 112 Å². The molecule has 1 aromatic heterocycles.